The molecule has 1 aromatic rings. The fourth-order valence-corrected chi connectivity index (χ4v) is 1.40. The first kappa shape index (κ1) is 6.71. The van der Waals surface area contributed by atoms with Gasteiger partial charge in [-0.1, -0.05) is 12.1 Å². The summed E-state index contributed by atoms with van der Waals surface area (Å²) < 4.78 is 11.1. The lowest BCUT2D eigenvalue weighted by Gasteiger charge is -2.17. The number of allylic oxidation sites excluding steroid dienone is 1. The lowest BCUT2D eigenvalue weighted by molar-refractivity contribution is 0.314. The number of ether oxygens (including phenoxy) is 2. The van der Waals surface area contributed by atoms with E-state index in [9.17, 15) is 0 Å². The third kappa shape index (κ3) is 0.935. The van der Waals surface area contributed by atoms with Gasteiger partial charge < -0.3 is 9.47 Å². The number of hydrogen-bond acceptors (Lipinski definition) is 3. The monoisotopic (exact) mass is 173 g/mol. The van der Waals surface area contributed by atoms with E-state index in [1.54, 1.807) is 6.21 Å². The molecule has 0 atom stereocenters. The smallest absolute Gasteiger partial charge is 0.185 e. The van der Waals surface area contributed by atoms with Gasteiger partial charge in [0.05, 0.1) is 6.21 Å². The lowest BCUT2D eigenvalue weighted by Crippen LogP contribution is -2.10. The van der Waals surface area contributed by atoms with Crippen molar-refractivity contribution >= 4 is 6.21 Å². The van der Waals surface area contributed by atoms with Gasteiger partial charge in [0.25, 0.3) is 0 Å². The van der Waals surface area contributed by atoms with Crippen molar-refractivity contribution < 1.29 is 9.47 Å². The van der Waals surface area contributed by atoms with Gasteiger partial charge in [0.2, 0.25) is 0 Å². The normalized spacial score (nSPS) is 17.5. The number of hydrogen-bond donors (Lipinski definition) is 0. The Morgan fingerprint density at radius 1 is 1.08 bits per heavy atom. The third-order valence-corrected chi connectivity index (χ3v) is 2.02. The Balaban J connectivity index is 2.07. The summed E-state index contributed by atoms with van der Waals surface area (Å²) in [7, 11) is 0. The van der Waals surface area contributed by atoms with Crippen LogP contribution in [0.3, 0.4) is 0 Å². The highest BCUT2D eigenvalue weighted by Crippen LogP contribution is 2.35. The molecule has 0 saturated heterocycles. The Labute approximate surface area is 75.3 Å². The standard InChI is InChI=1S/C10H7NO2/c1-2-4-8-7(3-1)12-9-5-11-6-10(9)13-8/h1-5H,6H2. The largest absolute Gasteiger partial charge is 0.452 e. The van der Waals surface area contributed by atoms with Crippen LogP contribution in [0.5, 0.6) is 11.5 Å². The van der Waals surface area contributed by atoms with Crippen LogP contribution in [0.25, 0.3) is 0 Å². The van der Waals surface area contributed by atoms with Crippen LogP contribution in [-0.4, -0.2) is 12.8 Å². The maximum atomic E-state index is 5.59. The molecule has 2 heterocycles. The topological polar surface area (TPSA) is 30.8 Å². The molecule has 0 spiro atoms. The molecule has 0 bridgehead atoms. The Bertz CT molecular complexity index is 421. The SMILES string of the molecule is C1=NCC2=C1Oc1ccccc1O2. The van der Waals surface area contributed by atoms with Crippen molar-refractivity contribution in [2.24, 2.45) is 4.99 Å². The molecule has 0 fully saturated rings. The van der Waals surface area contributed by atoms with E-state index in [2.05, 4.69) is 4.99 Å². The molecule has 0 amide bonds. The molecule has 2 aliphatic heterocycles. The lowest BCUT2D eigenvalue weighted by atomic mass is 10.3. The van der Waals surface area contributed by atoms with Gasteiger partial charge in [0.1, 0.15) is 6.54 Å². The second-order valence-corrected chi connectivity index (χ2v) is 2.91. The van der Waals surface area contributed by atoms with Gasteiger partial charge in [-0.25, -0.2) is 0 Å². The van der Waals surface area contributed by atoms with Crippen LogP contribution >= 0.6 is 0 Å². The van der Waals surface area contributed by atoms with E-state index in [1.165, 1.54) is 0 Å². The summed E-state index contributed by atoms with van der Waals surface area (Å²) in [5.41, 5.74) is 0. The van der Waals surface area contributed by atoms with Gasteiger partial charge in [-0.15, -0.1) is 0 Å². The molecular weight excluding hydrogens is 166 g/mol. The van der Waals surface area contributed by atoms with Crippen LogP contribution in [0.1, 0.15) is 0 Å². The van der Waals surface area contributed by atoms with Crippen LogP contribution in [-0.2, 0) is 0 Å². The summed E-state index contributed by atoms with van der Waals surface area (Å²) in [6.45, 7) is 0.587. The van der Waals surface area contributed by atoms with Crippen molar-refractivity contribution in [3.63, 3.8) is 0 Å². The van der Waals surface area contributed by atoms with Gasteiger partial charge in [0, 0.05) is 0 Å². The predicted molar refractivity (Wildman–Crippen MR) is 48.1 cm³/mol. The third-order valence-electron chi connectivity index (χ3n) is 2.02. The Kier molecular flexibility index (Phi) is 1.22. The zero-order valence-electron chi connectivity index (χ0n) is 6.86. The Hall–Kier alpha value is -1.77. The number of rotatable bonds is 0. The molecule has 64 valence electrons. The van der Waals surface area contributed by atoms with E-state index >= 15 is 0 Å². The van der Waals surface area contributed by atoms with Crippen molar-refractivity contribution in [2.45, 2.75) is 0 Å². The average molecular weight is 173 g/mol. The van der Waals surface area contributed by atoms with E-state index in [4.69, 9.17) is 9.47 Å². The predicted octanol–water partition coefficient (Wildman–Crippen LogP) is 1.75. The van der Waals surface area contributed by atoms with Crippen molar-refractivity contribution in [1.29, 1.82) is 0 Å². The van der Waals surface area contributed by atoms with Crippen LogP contribution < -0.4 is 9.47 Å². The molecule has 3 heteroatoms. The zero-order chi connectivity index (χ0) is 8.67. The summed E-state index contributed by atoms with van der Waals surface area (Å²) in [5, 5.41) is 0. The highest BCUT2D eigenvalue weighted by Gasteiger charge is 2.22. The number of nitrogens with zero attached hydrogens (tertiary/aromatic N) is 1. The molecule has 0 aromatic heterocycles. The van der Waals surface area contributed by atoms with Crippen LogP contribution in [0.2, 0.25) is 0 Å². The van der Waals surface area contributed by atoms with Gasteiger partial charge in [-0.05, 0) is 12.1 Å². The molecule has 0 radical (unpaired) electrons. The molecule has 2 aliphatic rings. The average Bonchev–Trinajstić information content (AvgIpc) is 2.61. The first-order chi connectivity index (χ1) is 6.43. The maximum Gasteiger partial charge on any atom is 0.185 e. The minimum absolute atomic E-state index is 0.587. The molecular formula is C10H7NO2. The number of benzene rings is 1. The second kappa shape index (κ2) is 2.36. The van der Waals surface area contributed by atoms with Crippen molar-refractivity contribution in [1.82, 2.24) is 0 Å². The van der Waals surface area contributed by atoms with Gasteiger partial charge in [0.15, 0.2) is 23.0 Å². The van der Waals surface area contributed by atoms with E-state index in [1.807, 2.05) is 24.3 Å². The highest BCUT2D eigenvalue weighted by molar-refractivity contribution is 5.81. The number of para-hydroxylation sites is 2. The molecule has 0 unspecified atom stereocenters. The summed E-state index contributed by atoms with van der Waals surface area (Å²) in [5.74, 6) is 3.07. The van der Waals surface area contributed by atoms with Gasteiger partial charge in [-0.3, -0.25) is 4.99 Å². The summed E-state index contributed by atoms with van der Waals surface area (Å²) in [6.07, 6.45) is 1.70. The Morgan fingerprint density at radius 2 is 1.85 bits per heavy atom. The Morgan fingerprint density at radius 3 is 2.69 bits per heavy atom. The van der Waals surface area contributed by atoms with E-state index in [0.717, 1.165) is 23.0 Å². The minimum atomic E-state index is 0.587. The zero-order valence-corrected chi connectivity index (χ0v) is 6.86. The summed E-state index contributed by atoms with van der Waals surface area (Å²) in [6, 6.07) is 7.60. The molecule has 0 aliphatic carbocycles. The van der Waals surface area contributed by atoms with Crippen molar-refractivity contribution in [2.75, 3.05) is 6.54 Å². The van der Waals surface area contributed by atoms with Crippen LogP contribution in [0.15, 0.2) is 40.8 Å². The fourth-order valence-electron chi connectivity index (χ4n) is 1.40. The number of fused-ring (bicyclic) bond motifs is 1. The molecule has 13 heavy (non-hydrogen) atoms. The van der Waals surface area contributed by atoms with E-state index in [0.29, 0.717) is 6.54 Å². The molecule has 0 saturated carbocycles. The van der Waals surface area contributed by atoms with Gasteiger partial charge >= 0.3 is 0 Å². The molecule has 3 nitrogen and oxygen atoms in total. The fraction of sp³-hybridized carbons (Fsp3) is 0.100. The van der Waals surface area contributed by atoms with Crippen molar-refractivity contribution in [3.05, 3.63) is 35.8 Å². The summed E-state index contributed by atoms with van der Waals surface area (Å²) >= 11 is 0. The minimum Gasteiger partial charge on any atom is -0.452 e. The molecule has 1 aromatic carbocycles. The quantitative estimate of drug-likeness (QED) is 0.598. The maximum absolute atomic E-state index is 5.59. The van der Waals surface area contributed by atoms with Gasteiger partial charge in [-0.2, -0.15) is 0 Å². The van der Waals surface area contributed by atoms with E-state index < -0.39 is 0 Å². The summed E-state index contributed by atoms with van der Waals surface area (Å²) in [4.78, 5) is 4.06. The first-order valence-corrected chi connectivity index (χ1v) is 4.11. The van der Waals surface area contributed by atoms with E-state index in [-0.39, 0.29) is 0 Å². The first-order valence-electron chi connectivity index (χ1n) is 4.11. The molecule has 0 N–H and O–H groups in total. The van der Waals surface area contributed by atoms with Crippen molar-refractivity contribution in [3.8, 4) is 11.5 Å². The highest BCUT2D eigenvalue weighted by atomic mass is 16.6. The van der Waals surface area contributed by atoms with Crippen LogP contribution in [0, 0.1) is 0 Å². The molecule has 3 rings (SSSR count). The van der Waals surface area contributed by atoms with Crippen LogP contribution in [0.4, 0.5) is 0 Å². The second-order valence-electron chi connectivity index (χ2n) is 2.91. The number of aliphatic imine (C=N–C) groups is 1.